The van der Waals surface area contributed by atoms with Crippen LogP contribution < -0.4 is 5.69 Å². The van der Waals surface area contributed by atoms with Crippen molar-refractivity contribution in [2.75, 3.05) is 27.8 Å². The second-order valence-electron chi connectivity index (χ2n) is 4.30. The first-order valence-electron chi connectivity index (χ1n) is 5.99. The lowest BCUT2D eigenvalue weighted by Crippen LogP contribution is -2.30. The van der Waals surface area contributed by atoms with E-state index in [1.807, 2.05) is 0 Å². The van der Waals surface area contributed by atoms with E-state index in [1.54, 1.807) is 28.1 Å². The molecule has 0 aliphatic rings. The summed E-state index contributed by atoms with van der Waals surface area (Å²) in [5, 5.41) is 6.61. The molecule has 0 fully saturated rings. The van der Waals surface area contributed by atoms with Gasteiger partial charge < -0.3 is 9.64 Å². The van der Waals surface area contributed by atoms with Crippen LogP contribution in [0.15, 0.2) is 9.95 Å². The van der Waals surface area contributed by atoms with E-state index in [0.717, 1.165) is 6.42 Å². The quantitative estimate of drug-likeness (QED) is 0.572. The van der Waals surface area contributed by atoms with E-state index in [2.05, 4.69) is 10.2 Å². The lowest BCUT2D eigenvalue weighted by Gasteiger charge is -2.15. The zero-order valence-corrected chi connectivity index (χ0v) is 12.5. The molecule has 1 aromatic heterocycles. The number of nitrogens with zero attached hydrogens (tertiary/aromatic N) is 3. The second-order valence-corrected chi connectivity index (χ2v) is 5.61. The van der Waals surface area contributed by atoms with Crippen LogP contribution in [0.2, 0.25) is 0 Å². The molecular formula is C11H20N4O3S. The number of nitrogens with one attached hydrogen (secondary N) is 1. The number of methoxy groups -OCH3 is 1. The molecule has 0 aliphatic carbocycles. The van der Waals surface area contributed by atoms with Crippen LogP contribution in [0.4, 0.5) is 0 Å². The number of aromatic nitrogens is 3. The molecule has 1 rings (SSSR count). The molecule has 108 valence electrons. The Morgan fingerprint density at radius 3 is 2.84 bits per heavy atom. The topological polar surface area (TPSA) is 80.2 Å². The van der Waals surface area contributed by atoms with Crippen LogP contribution in [-0.4, -0.2) is 58.6 Å². The van der Waals surface area contributed by atoms with Gasteiger partial charge in [-0.1, -0.05) is 11.8 Å². The van der Waals surface area contributed by atoms with Gasteiger partial charge in [-0.25, -0.2) is 9.89 Å². The van der Waals surface area contributed by atoms with Crippen molar-refractivity contribution in [3.05, 3.63) is 10.5 Å². The third-order valence-electron chi connectivity index (χ3n) is 2.52. The summed E-state index contributed by atoms with van der Waals surface area (Å²) in [7, 11) is 5.02. The van der Waals surface area contributed by atoms with Gasteiger partial charge >= 0.3 is 5.69 Å². The molecule has 1 unspecified atom stereocenters. The van der Waals surface area contributed by atoms with Gasteiger partial charge in [0.25, 0.3) is 0 Å². The molecule has 8 heteroatoms. The van der Waals surface area contributed by atoms with E-state index >= 15 is 0 Å². The summed E-state index contributed by atoms with van der Waals surface area (Å²) in [6.45, 7) is 2.90. The van der Waals surface area contributed by atoms with E-state index < -0.39 is 0 Å². The standard InChI is InChI=1S/C11H20N4O3S/c1-8(9(16)14(2)3)19-11-13-12-10(17)15(11)6-5-7-18-4/h8H,5-7H2,1-4H3,(H,12,17). The first kappa shape index (κ1) is 15.8. The molecule has 0 aromatic carbocycles. The molecule has 7 nitrogen and oxygen atoms in total. The monoisotopic (exact) mass is 288 g/mol. The molecule has 1 N–H and O–H groups in total. The zero-order valence-electron chi connectivity index (χ0n) is 11.7. The van der Waals surface area contributed by atoms with Gasteiger partial charge in [-0.15, -0.1) is 5.10 Å². The first-order valence-corrected chi connectivity index (χ1v) is 6.87. The minimum atomic E-state index is -0.286. The lowest BCUT2D eigenvalue weighted by molar-refractivity contribution is -0.127. The lowest BCUT2D eigenvalue weighted by atomic mass is 10.4. The molecule has 0 radical (unpaired) electrons. The van der Waals surface area contributed by atoms with Gasteiger partial charge in [0.1, 0.15) is 0 Å². The van der Waals surface area contributed by atoms with Crippen molar-refractivity contribution in [3.63, 3.8) is 0 Å². The predicted octanol–water partition coefficient (Wildman–Crippen LogP) is 0.177. The number of hydrogen-bond acceptors (Lipinski definition) is 5. The van der Waals surface area contributed by atoms with Gasteiger partial charge in [0.15, 0.2) is 5.16 Å². The van der Waals surface area contributed by atoms with Crippen LogP contribution in [-0.2, 0) is 16.1 Å². The number of thioether (sulfide) groups is 1. The Labute approximate surface area is 116 Å². The molecule has 0 aliphatic heterocycles. The van der Waals surface area contributed by atoms with Gasteiger partial charge in [0.2, 0.25) is 5.91 Å². The van der Waals surface area contributed by atoms with Crippen molar-refractivity contribution in [3.8, 4) is 0 Å². The minimum absolute atomic E-state index is 0.0103. The Balaban J connectivity index is 2.73. The number of carbonyl (C=O) groups excluding carboxylic acids is 1. The van der Waals surface area contributed by atoms with Crippen LogP contribution in [0.1, 0.15) is 13.3 Å². The molecular weight excluding hydrogens is 268 g/mol. The summed E-state index contributed by atoms with van der Waals surface area (Å²) in [6.07, 6.45) is 0.722. The normalized spacial score (nSPS) is 12.4. The second kappa shape index (κ2) is 7.34. The van der Waals surface area contributed by atoms with Gasteiger partial charge in [-0.2, -0.15) is 0 Å². The fourth-order valence-corrected chi connectivity index (χ4v) is 2.56. The van der Waals surface area contributed by atoms with Crippen LogP contribution in [0.25, 0.3) is 0 Å². The highest BCUT2D eigenvalue weighted by atomic mass is 32.2. The summed E-state index contributed by atoms with van der Waals surface area (Å²) in [6, 6.07) is 0. The minimum Gasteiger partial charge on any atom is -0.385 e. The summed E-state index contributed by atoms with van der Waals surface area (Å²) in [5.74, 6) is -0.0103. The Hall–Kier alpha value is -1.28. The SMILES string of the molecule is COCCCn1c(SC(C)C(=O)N(C)C)n[nH]c1=O. The van der Waals surface area contributed by atoms with Crippen LogP contribution in [0.3, 0.4) is 0 Å². The molecule has 1 amide bonds. The number of rotatable bonds is 7. The van der Waals surface area contributed by atoms with Gasteiger partial charge in [0, 0.05) is 34.4 Å². The van der Waals surface area contributed by atoms with Crippen molar-refractivity contribution in [1.29, 1.82) is 0 Å². The molecule has 1 heterocycles. The fraction of sp³-hybridized carbons (Fsp3) is 0.727. The molecule has 1 aromatic rings. The highest BCUT2D eigenvalue weighted by molar-refractivity contribution is 8.00. The maximum absolute atomic E-state index is 11.8. The average Bonchev–Trinajstić information content (AvgIpc) is 2.70. The summed E-state index contributed by atoms with van der Waals surface area (Å²) in [5.41, 5.74) is -0.261. The van der Waals surface area contributed by atoms with Gasteiger partial charge in [0.05, 0.1) is 5.25 Å². The maximum Gasteiger partial charge on any atom is 0.343 e. The molecule has 19 heavy (non-hydrogen) atoms. The van der Waals surface area contributed by atoms with Crippen LogP contribution in [0.5, 0.6) is 0 Å². The number of hydrogen-bond donors (Lipinski definition) is 1. The third kappa shape index (κ3) is 4.39. The number of carbonyl (C=O) groups is 1. The number of aromatic amines is 1. The third-order valence-corrected chi connectivity index (χ3v) is 3.60. The van der Waals surface area contributed by atoms with E-state index in [1.165, 1.54) is 21.2 Å². The van der Waals surface area contributed by atoms with Crippen LogP contribution >= 0.6 is 11.8 Å². The Morgan fingerprint density at radius 2 is 2.26 bits per heavy atom. The Kier molecular flexibility index (Phi) is 6.10. The first-order chi connectivity index (χ1) is 8.97. The summed E-state index contributed by atoms with van der Waals surface area (Å²) < 4.78 is 6.49. The molecule has 0 bridgehead atoms. The van der Waals surface area contributed by atoms with Gasteiger partial charge in [-0.05, 0) is 13.3 Å². The maximum atomic E-state index is 11.8. The number of H-pyrrole nitrogens is 1. The molecule has 0 spiro atoms. The summed E-state index contributed by atoms with van der Waals surface area (Å²) >= 11 is 1.27. The number of ether oxygens (including phenoxy) is 1. The largest absolute Gasteiger partial charge is 0.385 e. The van der Waals surface area contributed by atoms with E-state index in [0.29, 0.717) is 18.3 Å². The number of amides is 1. The van der Waals surface area contributed by atoms with E-state index in [9.17, 15) is 9.59 Å². The molecule has 0 saturated heterocycles. The van der Waals surface area contributed by atoms with Crippen molar-refractivity contribution in [1.82, 2.24) is 19.7 Å². The molecule has 0 saturated carbocycles. The summed E-state index contributed by atoms with van der Waals surface area (Å²) in [4.78, 5) is 24.9. The van der Waals surface area contributed by atoms with Crippen molar-refractivity contribution in [2.24, 2.45) is 0 Å². The highest BCUT2D eigenvalue weighted by Crippen LogP contribution is 2.21. The van der Waals surface area contributed by atoms with Crippen molar-refractivity contribution >= 4 is 17.7 Å². The fourth-order valence-electron chi connectivity index (χ4n) is 1.53. The Bertz CT molecular complexity index is 469. The van der Waals surface area contributed by atoms with Crippen LogP contribution in [0, 0.1) is 0 Å². The van der Waals surface area contributed by atoms with E-state index in [-0.39, 0.29) is 16.8 Å². The van der Waals surface area contributed by atoms with E-state index in [4.69, 9.17) is 4.74 Å². The smallest absolute Gasteiger partial charge is 0.343 e. The van der Waals surface area contributed by atoms with Gasteiger partial charge in [-0.3, -0.25) is 9.36 Å². The Morgan fingerprint density at radius 1 is 1.58 bits per heavy atom. The van der Waals surface area contributed by atoms with Crippen molar-refractivity contribution < 1.29 is 9.53 Å². The average molecular weight is 288 g/mol. The van der Waals surface area contributed by atoms with Crippen molar-refractivity contribution in [2.45, 2.75) is 30.3 Å². The predicted molar refractivity (Wildman–Crippen MR) is 73.4 cm³/mol. The zero-order chi connectivity index (χ0) is 14.4. The highest BCUT2D eigenvalue weighted by Gasteiger charge is 2.20. The molecule has 1 atom stereocenters.